The molecule has 1 heterocycles. The van der Waals surface area contributed by atoms with Gasteiger partial charge in [-0.2, -0.15) is 12.7 Å². The molecule has 0 radical (unpaired) electrons. The molecular weight excluding hydrogens is 187 g/mol. The van der Waals surface area contributed by atoms with Crippen LogP contribution < -0.4 is 5.32 Å². The summed E-state index contributed by atoms with van der Waals surface area (Å²) < 4.78 is 33.2. The Hall–Kier alpha value is -0.690. The maximum Gasteiger partial charge on any atom is 0.374 e. The fourth-order valence-corrected chi connectivity index (χ4v) is 1.71. The first-order valence-electron chi connectivity index (χ1n) is 3.36. The van der Waals surface area contributed by atoms with Crippen molar-refractivity contribution in [2.24, 2.45) is 0 Å². The minimum atomic E-state index is -4.55. The van der Waals surface area contributed by atoms with E-state index in [1.807, 2.05) is 0 Å². The minimum absolute atomic E-state index is 0.0262. The summed E-state index contributed by atoms with van der Waals surface area (Å²) in [7, 11) is -4.55. The Morgan fingerprint density at radius 3 is 2.42 bits per heavy atom. The SMILES string of the molecule is CC(=O)NC1CN(S(=O)(=O)F)C1. The first kappa shape index (κ1) is 9.40. The highest BCUT2D eigenvalue weighted by atomic mass is 32.3. The van der Waals surface area contributed by atoms with Crippen LogP contribution >= 0.6 is 0 Å². The van der Waals surface area contributed by atoms with Gasteiger partial charge in [-0.05, 0) is 0 Å². The predicted molar refractivity (Wildman–Crippen MR) is 39.2 cm³/mol. The third kappa shape index (κ3) is 2.15. The van der Waals surface area contributed by atoms with Gasteiger partial charge in [-0.3, -0.25) is 4.79 Å². The van der Waals surface area contributed by atoms with Crippen LogP contribution in [0.2, 0.25) is 0 Å². The number of hydrogen-bond acceptors (Lipinski definition) is 3. The summed E-state index contributed by atoms with van der Waals surface area (Å²) >= 11 is 0. The van der Waals surface area contributed by atoms with Crippen LogP contribution in [0.3, 0.4) is 0 Å². The molecule has 0 aliphatic carbocycles. The van der Waals surface area contributed by atoms with E-state index in [0.717, 1.165) is 0 Å². The molecule has 1 rings (SSSR count). The van der Waals surface area contributed by atoms with Crippen LogP contribution in [-0.2, 0) is 15.2 Å². The average Bonchev–Trinajstić information content (AvgIpc) is 1.73. The monoisotopic (exact) mass is 196 g/mol. The quantitative estimate of drug-likeness (QED) is 0.577. The Morgan fingerprint density at radius 1 is 1.58 bits per heavy atom. The number of carbonyl (C=O) groups is 1. The van der Waals surface area contributed by atoms with Gasteiger partial charge in [-0.25, -0.2) is 0 Å². The van der Waals surface area contributed by atoms with Crippen LogP contribution in [0.5, 0.6) is 0 Å². The lowest BCUT2D eigenvalue weighted by Gasteiger charge is -2.35. The van der Waals surface area contributed by atoms with Crippen LogP contribution in [0.15, 0.2) is 0 Å². The van der Waals surface area contributed by atoms with Crippen LogP contribution in [0, 0.1) is 0 Å². The molecule has 1 aliphatic rings. The number of nitrogens with zero attached hydrogens (tertiary/aromatic N) is 1. The Bertz CT molecular complexity index is 283. The lowest BCUT2D eigenvalue weighted by atomic mass is 10.2. The summed E-state index contributed by atoms with van der Waals surface area (Å²) in [6.07, 6.45) is 0. The topological polar surface area (TPSA) is 66.5 Å². The second-order valence-electron chi connectivity index (χ2n) is 2.66. The predicted octanol–water partition coefficient (Wildman–Crippen LogP) is -0.979. The lowest BCUT2D eigenvalue weighted by molar-refractivity contribution is -0.120. The molecule has 12 heavy (non-hydrogen) atoms. The Kier molecular flexibility index (Phi) is 2.34. The molecule has 1 aliphatic heterocycles. The van der Waals surface area contributed by atoms with Gasteiger partial charge in [-0.1, -0.05) is 3.89 Å². The first-order chi connectivity index (χ1) is 5.39. The fraction of sp³-hybridized carbons (Fsp3) is 0.800. The summed E-state index contributed by atoms with van der Waals surface area (Å²) in [6.45, 7) is 1.38. The zero-order valence-corrected chi connectivity index (χ0v) is 7.27. The molecule has 0 unspecified atom stereocenters. The molecule has 1 saturated heterocycles. The van der Waals surface area contributed by atoms with Crippen molar-refractivity contribution >= 4 is 16.3 Å². The van der Waals surface area contributed by atoms with Gasteiger partial charge < -0.3 is 5.32 Å². The molecule has 0 aromatic heterocycles. The second kappa shape index (κ2) is 2.98. The van der Waals surface area contributed by atoms with Crippen molar-refractivity contribution in [1.29, 1.82) is 0 Å². The molecule has 5 nitrogen and oxygen atoms in total. The standard InChI is InChI=1S/C5H9FN2O3S/c1-4(9)7-5-2-8(3-5)12(6,10)11/h5H,2-3H2,1H3,(H,7,9). The number of hydrogen-bond donors (Lipinski definition) is 1. The van der Waals surface area contributed by atoms with Gasteiger partial charge in [0.15, 0.2) is 0 Å². The Balaban J connectivity index is 2.34. The normalized spacial score (nSPS) is 20.2. The summed E-state index contributed by atoms with van der Waals surface area (Å²) in [5, 5.41) is 2.47. The fourth-order valence-electron chi connectivity index (χ4n) is 0.995. The molecule has 1 fully saturated rings. The Morgan fingerprint density at radius 2 is 2.08 bits per heavy atom. The van der Waals surface area contributed by atoms with E-state index in [4.69, 9.17) is 0 Å². The van der Waals surface area contributed by atoms with Crippen molar-refractivity contribution in [1.82, 2.24) is 9.62 Å². The maximum absolute atomic E-state index is 12.1. The zero-order valence-electron chi connectivity index (χ0n) is 6.45. The van der Waals surface area contributed by atoms with E-state index in [1.165, 1.54) is 6.92 Å². The van der Waals surface area contributed by atoms with E-state index in [-0.39, 0.29) is 25.0 Å². The van der Waals surface area contributed by atoms with Crippen molar-refractivity contribution in [3.63, 3.8) is 0 Å². The summed E-state index contributed by atoms with van der Waals surface area (Å²) in [4.78, 5) is 10.4. The average molecular weight is 196 g/mol. The lowest BCUT2D eigenvalue weighted by Crippen LogP contribution is -2.59. The van der Waals surface area contributed by atoms with E-state index in [9.17, 15) is 17.1 Å². The van der Waals surface area contributed by atoms with Crippen molar-refractivity contribution in [3.05, 3.63) is 0 Å². The highest BCUT2D eigenvalue weighted by Crippen LogP contribution is 2.13. The van der Waals surface area contributed by atoms with Gasteiger partial charge in [0.1, 0.15) is 0 Å². The van der Waals surface area contributed by atoms with E-state index in [2.05, 4.69) is 5.32 Å². The van der Waals surface area contributed by atoms with Crippen molar-refractivity contribution in [2.45, 2.75) is 13.0 Å². The molecule has 7 heteroatoms. The summed E-state index contributed by atoms with van der Waals surface area (Å²) in [6, 6.07) is -0.243. The van der Waals surface area contributed by atoms with E-state index in [0.29, 0.717) is 4.31 Å². The number of amides is 1. The Labute approximate surface area is 69.9 Å². The zero-order chi connectivity index (χ0) is 9.35. The number of halogens is 1. The number of rotatable bonds is 2. The molecule has 0 saturated carbocycles. The molecular formula is C5H9FN2O3S. The van der Waals surface area contributed by atoms with Gasteiger partial charge in [0, 0.05) is 20.0 Å². The smallest absolute Gasteiger partial charge is 0.351 e. The van der Waals surface area contributed by atoms with E-state index in [1.54, 1.807) is 0 Å². The van der Waals surface area contributed by atoms with Crippen molar-refractivity contribution < 1.29 is 17.1 Å². The second-order valence-corrected chi connectivity index (χ2v) is 4.00. The van der Waals surface area contributed by atoms with Gasteiger partial charge in [-0.15, -0.1) is 0 Å². The minimum Gasteiger partial charge on any atom is -0.351 e. The molecule has 1 N–H and O–H groups in total. The van der Waals surface area contributed by atoms with E-state index >= 15 is 0 Å². The highest BCUT2D eigenvalue weighted by molar-refractivity contribution is 7.84. The molecule has 70 valence electrons. The van der Waals surface area contributed by atoms with Crippen molar-refractivity contribution in [2.75, 3.05) is 13.1 Å². The van der Waals surface area contributed by atoms with Crippen LogP contribution in [0.25, 0.3) is 0 Å². The molecule has 0 aromatic rings. The van der Waals surface area contributed by atoms with Gasteiger partial charge >= 0.3 is 10.4 Å². The largest absolute Gasteiger partial charge is 0.374 e. The van der Waals surface area contributed by atoms with Gasteiger partial charge in [0.25, 0.3) is 0 Å². The summed E-state index contributed by atoms with van der Waals surface area (Å²) in [5.74, 6) is -0.240. The molecule has 1 amide bonds. The highest BCUT2D eigenvalue weighted by Gasteiger charge is 2.35. The van der Waals surface area contributed by atoms with Crippen molar-refractivity contribution in [3.8, 4) is 0 Å². The van der Waals surface area contributed by atoms with Crippen LogP contribution in [-0.4, -0.2) is 37.8 Å². The number of carbonyl (C=O) groups excluding carboxylic acids is 1. The molecule has 0 aromatic carbocycles. The third-order valence-corrected chi connectivity index (χ3v) is 2.48. The first-order valence-corrected chi connectivity index (χ1v) is 4.70. The van der Waals surface area contributed by atoms with Crippen LogP contribution in [0.4, 0.5) is 3.89 Å². The molecule has 0 bridgehead atoms. The molecule has 0 spiro atoms. The third-order valence-electron chi connectivity index (χ3n) is 1.56. The van der Waals surface area contributed by atoms with Crippen LogP contribution in [0.1, 0.15) is 6.92 Å². The molecule has 0 atom stereocenters. The van der Waals surface area contributed by atoms with Gasteiger partial charge in [0.2, 0.25) is 5.91 Å². The summed E-state index contributed by atoms with van der Waals surface area (Å²) in [5.41, 5.74) is 0. The van der Waals surface area contributed by atoms with E-state index < -0.39 is 10.4 Å². The van der Waals surface area contributed by atoms with Gasteiger partial charge in [0.05, 0.1) is 6.04 Å². The number of nitrogens with one attached hydrogen (secondary N) is 1. The maximum atomic E-state index is 12.1.